The van der Waals surface area contributed by atoms with E-state index >= 15 is 0 Å². The van der Waals surface area contributed by atoms with Crippen molar-refractivity contribution < 1.29 is 14.0 Å². The van der Waals surface area contributed by atoms with Gasteiger partial charge in [0.1, 0.15) is 5.82 Å². The van der Waals surface area contributed by atoms with E-state index in [0.717, 1.165) is 16.8 Å². The Bertz CT molecular complexity index is 829. The van der Waals surface area contributed by atoms with E-state index in [4.69, 9.17) is 4.84 Å². The van der Waals surface area contributed by atoms with E-state index in [0.29, 0.717) is 25.9 Å². The maximum atomic E-state index is 13.2. The Hall–Kier alpha value is -2.76. The molecule has 0 saturated heterocycles. The first kappa shape index (κ1) is 20.0. The molecule has 1 atom stereocenters. The zero-order valence-corrected chi connectivity index (χ0v) is 16.6. The predicted molar refractivity (Wildman–Crippen MR) is 106 cm³/mol. The molecule has 1 aliphatic rings. The number of aromatic nitrogens is 1. The van der Waals surface area contributed by atoms with Crippen LogP contribution in [-0.2, 0) is 16.2 Å². The van der Waals surface area contributed by atoms with Crippen LogP contribution in [0.5, 0.6) is 0 Å². The molecule has 0 bridgehead atoms. The highest BCUT2D eigenvalue weighted by molar-refractivity contribution is 6.01. The van der Waals surface area contributed by atoms with Crippen LogP contribution in [0.15, 0.2) is 53.9 Å². The minimum Gasteiger partial charge on any atom is -0.390 e. The van der Waals surface area contributed by atoms with Crippen molar-refractivity contribution in [3.63, 3.8) is 0 Å². The van der Waals surface area contributed by atoms with Crippen LogP contribution in [0.4, 0.5) is 4.39 Å². The Labute approximate surface area is 165 Å². The minimum atomic E-state index is -0.287. The summed E-state index contributed by atoms with van der Waals surface area (Å²) in [5.74, 6) is -0.236. The molecule has 1 amide bonds. The molecule has 6 heteroatoms. The van der Waals surface area contributed by atoms with Crippen molar-refractivity contribution in [2.75, 3.05) is 6.54 Å². The number of carbonyl (C=O) groups excluding carboxylic acids is 1. The van der Waals surface area contributed by atoms with Crippen molar-refractivity contribution in [3.8, 4) is 0 Å². The smallest absolute Gasteiger partial charge is 0.223 e. The molecule has 0 aliphatic carbocycles. The first-order valence-electron chi connectivity index (χ1n) is 9.45. The fourth-order valence-electron chi connectivity index (χ4n) is 3.11. The summed E-state index contributed by atoms with van der Waals surface area (Å²) in [6, 6.07) is 10.0. The molecule has 148 valence electrons. The Kier molecular flexibility index (Phi) is 6.07. The average Bonchev–Trinajstić information content (AvgIpc) is 3.11. The number of nitrogens with zero attached hydrogens (tertiary/aromatic N) is 3. The van der Waals surface area contributed by atoms with Crippen LogP contribution in [0.25, 0.3) is 0 Å². The molecular weight excluding hydrogens is 357 g/mol. The van der Waals surface area contributed by atoms with Gasteiger partial charge < -0.3 is 9.74 Å². The summed E-state index contributed by atoms with van der Waals surface area (Å²) in [6.07, 6.45) is 4.31. The lowest BCUT2D eigenvalue weighted by atomic mass is 9.91. The lowest BCUT2D eigenvalue weighted by Gasteiger charge is -2.28. The van der Waals surface area contributed by atoms with Gasteiger partial charge in [-0.1, -0.05) is 38.1 Å². The van der Waals surface area contributed by atoms with Gasteiger partial charge in [0, 0.05) is 37.3 Å². The number of oxime groups is 1. The summed E-state index contributed by atoms with van der Waals surface area (Å²) in [4.78, 5) is 24.4. The van der Waals surface area contributed by atoms with E-state index in [2.05, 4.69) is 10.1 Å². The lowest BCUT2D eigenvalue weighted by Crippen LogP contribution is -2.38. The summed E-state index contributed by atoms with van der Waals surface area (Å²) in [6.45, 7) is 6.96. The summed E-state index contributed by atoms with van der Waals surface area (Å²) in [7, 11) is 0. The molecule has 2 aromatic rings. The van der Waals surface area contributed by atoms with Gasteiger partial charge in [-0.15, -0.1) is 0 Å². The lowest BCUT2D eigenvalue weighted by molar-refractivity contribution is -0.135. The number of benzene rings is 1. The van der Waals surface area contributed by atoms with Gasteiger partial charge in [-0.05, 0) is 35.2 Å². The van der Waals surface area contributed by atoms with Gasteiger partial charge in [0.15, 0.2) is 6.10 Å². The maximum absolute atomic E-state index is 13.2. The molecule has 0 saturated carbocycles. The predicted octanol–water partition coefficient (Wildman–Crippen LogP) is 4.18. The Morgan fingerprint density at radius 1 is 1.25 bits per heavy atom. The molecule has 1 aromatic heterocycles. The molecule has 0 N–H and O–H groups in total. The van der Waals surface area contributed by atoms with Gasteiger partial charge in [-0.25, -0.2) is 4.39 Å². The van der Waals surface area contributed by atoms with Crippen molar-refractivity contribution in [3.05, 3.63) is 65.7 Å². The Morgan fingerprint density at radius 3 is 2.64 bits per heavy atom. The van der Waals surface area contributed by atoms with Gasteiger partial charge in [-0.3, -0.25) is 9.78 Å². The second-order valence-electron chi connectivity index (χ2n) is 8.35. The molecule has 5 nitrogen and oxygen atoms in total. The number of hydrogen-bond donors (Lipinski definition) is 0. The van der Waals surface area contributed by atoms with Gasteiger partial charge in [-0.2, -0.15) is 0 Å². The van der Waals surface area contributed by atoms with Crippen LogP contribution in [0, 0.1) is 11.2 Å². The van der Waals surface area contributed by atoms with Crippen LogP contribution in [0.2, 0.25) is 0 Å². The largest absolute Gasteiger partial charge is 0.390 e. The van der Waals surface area contributed by atoms with E-state index < -0.39 is 0 Å². The van der Waals surface area contributed by atoms with E-state index in [-0.39, 0.29) is 23.2 Å². The third-order valence-electron chi connectivity index (χ3n) is 4.47. The van der Waals surface area contributed by atoms with Crippen LogP contribution >= 0.6 is 0 Å². The van der Waals surface area contributed by atoms with E-state index in [1.165, 1.54) is 12.1 Å². The number of hydrogen-bond acceptors (Lipinski definition) is 4. The van der Waals surface area contributed by atoms with Gasteiger partial charge in [0.2, 0.25) is 5.91 Å². The van der Waals surface area contributed by atoms with Crippen molar-refractivity contribution in [1.82, 2.24) is 9.88 Å². The second kappa shape index (κ2) is 8.50. The molecule has 0 fully saturated rings. The zero-order valence-electron chi connectivity index (χ0n) is 16.6. The third kappa shape index (κ3) is 5.62. The minimum absolute atomic E-state index is 0.0512. The van der Waals surface area contributed by atoms with E-state index in [9.17, 15) is 9.18 Å². The first-order valence-corrected chi connectivity index (χ1v) is 9.45. The zero-order chi connectivity index (χ0) is 20.1. The average molecular weight is 383 g/mol. The summed E-state index contributed by atoms with van der Waals surface area (Å²) in [5.41, 5.74) is 2.53. The highest BCUT2D eigenvalue weighted by atomic mass is 19.1. The van der Waals surface area contributed by atoms with Crippen LogP contribution in [-0.4, -0.2) is 34.2 Å². The quantitative estimate of drug-likeness (QED) is 0.752. The SMILES string of the molecule is CC(C)(C)CC(=O)N(Cc1ccc(F)cc1)C[C@@H]1CC(c2cccnc2)=NO1. The topological polar surface area (TPSA) is 54.8 Å². The number of amides is 1. The molecule has 2 heterocycles. The third-order valence-corrected chi connectivity index (χ3v) is 4.47. The van der Waals surface area contributed by atoms with Crippen molar-refractivity contribution in [1.29, 1.82) is 0 Å². The monoisotopic (exact) mass is 383 g/mol. The Balaban J connectivity index is 1.68. The van der Waals surface area contributed by atoms with Crippen LogP contribution in [0.3, 0.4) is 0 Å². The molecular formula is C22H26FN3O2. The second-order valence-corrected chi connectivity index (χ2v) is 8.35. The molecule has 0 spiro atoms. The van der Waals surface area contributed by atoms with Gasteiger partial charge in [0.05, 0.1) is 12.3 Å². The fraction of sp³-hybridized carbons (Fsp3) is 0.409. The molecule has 0 unspecified atom stereocenters. The number of rotatable bonds is 6. The van der Waals surface area contributed by atoms with Crippen molar-refractivity contribution >= 4 is 11.6 Å². The molecule has 1 aromatic carbocycles. The maximum Gasteiger partial charge on any atom is 0.223 e. The molecule has 3 rings (SSSR count). The summed E-state index contributed by atoms with van der Waals surface area (Å²) in [5, 5.41) is 4.18. The van der Waals surface area contributed by atoms with Crippen LogP contribution in [0.1, 0.15) is 44.7 Å². The normalized spacial score (nSPS) is 16.4. The number of halogens is 1. The Morgan fingerprint density at radius 2 is 2.00 bits per heavy atom. The van der Waals surface area contributed by atoms with Gasteiger partial charge >= 0.3 is 0 Å². The molecule has 28 heavy (non-hydrogen) atoms. The number of carbonyl (C=O) groups is 1. The van der Waals surface area contributed by atoms with E-state index in [1.807, 2.05) is 32.9 Å². The van der Waals surface area contributed by atoms with Gasteiger partial charge in [0.25, 0.3) is 0 Å². The number of pyridine rings is 1. The standard InChI is InChI=1S/C22H26FN3O2/c1-22(2,3)12-21(27)26(14-16-6-8-18(23)9-7-16)15-19-11-20(25-28-19)17-5-4-10-24-13-17/h4-10,13,19H,11-12,14-15H2,1-3H3/t19-/m0/s1. The summed E-state index contributed by atoms with van der Waals surface area (Å²) < 4.78 is 13.2. The first-order chi connectivity index (χ1) is 13.3. The van der Waals surface area contributed by atoms with Crippen LogP contribution < -0.4 is 0 Å². The molecule has 1 aliphatic heterocycles. The van der Waals surface area contributed by atoms with E-state index in [1.54, 1.807) is 29.4 Å². The molecule has 0 radical (unpaired) electrons. The highest BCUT2D eigenvalue weighted by Gasteiger charge is 2.28. The fourth-order valence-corrected chi connectivity index (χ4v) is 3.11. The highest BCUT2D eigenvalue weighted by Crippen LogP contribution is 2.23. The summed E-state index contributed by atoms with van der Waals surface area (Å²) >= 11 is 0. The van der Waals surface area contributed by atoms with Crippen molar-refractivity contribution in [2.45, 2.75) is 46.3 Å². The van der Waals surface area contributed by atoms with Crippen molar-refractivity contribution in [2.24, 2.45) is 10.6 Å².